The van der Waals surface area contributed by atoms with Crippen LogP contribution in [0.5, 0.6) is 0 Å². The quantitative estimate of drug-likeness (QED) is 0.0488. The lowest BCUT2D eigenvalue weighted by atomic mass is 9.81. The highest BCUT2D eigenvalue weighted by atomic mass is 32.2. The molecule has 63 heavy (non-hydrogen) atoms. The Morgan fingerprint density at radius 3 is 2.16 bits per heavy atom. The summed E-state index contributed by atoms with van der Waals surface area (Å²) in [5.41, 5.74) is 4.45. The standard InChI is InChI=1S/C43H49N7O10S3/c1-42(2)34-26-32(62(55,56)57)19-21-36(34)49(23-10-6-9-14-40(51)44-28-30-15-17-31(18-16-30)41-47-45-29-46-48-41)38(42)12-7-5-8-13-39-43(3,4)35-27-33(63(58,59)60)20-22-37(35)50(39)24-11-25-61(52,53)54/h5,7-8,12-13,15-22,26-27,29H,6,9-11,14,23-25,28H2,1-4H3,(H3-,44,51,52,53,54,55,56,57,58,59,60). The molecule has 4 aromatic rings. The van der Waals surface area contributed by atoms with Crippen LogP contribution in [0.1, 0.15) is 76.5 Å². The highest BCUT2D eigenvalue weighted by Gasteiger charge is 2.45. The molecule has 334 valence electrons. The Bertz CT molecular complexity index is 2840. The third-order valence-corrected chi connectivity index (χ3v) is 13.7. The Labute approximate surface area is 367 Å². The molecular weight excluding hydrogens is 871 g/mol. The van der Waals surface area contributed by atoms with Gasteiger partial charge in [-0.1, -0.05) is 62.8 Å². The van der Waals surface area contributed by atoms with Crippen molar-refractivity contribution in [2.24, 2.45) is 0 Å². The number of benzene rings is 3. The molecule has 1 amide bonds. The fraction of sp³-hybridized carbons (Fsp3) is 0.349. The summed E-state index contributed by atoms with van der Waals surface area (Å²) in [6.07, 6.45) is 12.9. The molecule has 0 spiro atoms. The Morgan fingerprint density at radius 2 is 1.49 bits per heavy atom. The van der Waals surface area contributed by atoms with Gasteiger partial charge in [0.05, 0.1) is 21.0 Å². The third-order valence-electron chi connectivity index (χ3n) is 11.2. The van der Waals surface area contributed by atoms with E-state index in [1.165, 1.54) is 36.7 Å². The number of rotatable bonds is 18. The molecule has 6 rings (SSSR count). The smallest absolute Gasteiger partial charge is 0.294 e. The number of carbonyl (C=O) groups excluding carboxylic acids is 1. The number of hydrogen-bond donors (Lipinski definition) is 3. The molecule has 17 nitrogen and oxygen atoms in total. The first-order chi connectivity index (χ1) is 29.6. The van der Waals surface area contributed by atoms with Crippen molar-refractivity contribution >= 4 is 53.3 Å². The average molecular weight is 920 g/mol. The lowest BCUT2D eigenvalue weighted by molar-refractivity contribution is -0.437. The topological polar surface area (TPSA) is 253 Å². The van der Waals surface area contributed by atoms with E-state index in [0.29, 0.717) is 60.7 Å². The number of amides is 1. The molecule has 3 aromatic carbocycles. The number of hydrogen-bond acceptors (Lipinski definition) is 13. The molecule has 3 N–H and O–H groups in total. The van der Waals surface area contributed by atoms with Crippen molar-refractivity contribution in [2.75, 3.05) is 23.7 Å². The SMILES string of the molecule is CC1(C)C(/C=C/C=C/C=C2\N(CCCCCC(=O)NCc3ccc(-c4nncnn4)cc3)c3ccc(S(=O)(=O)O)cc3C2(C)C)=[N+](CCCS(=O)(=O)O)c2ccc(S(=O)(=O)[O-])cc21. The van der Waals surface area contributed by atoms with Crippen molar-refractivity contribution in [3.63, 3.8) is 0 Å². The summed E-state index contributed by atoms with van der Waals surface area (Å²) >= 11 is 0. The number of carbonyl (C=O) groups is 1. The number of fused-ring (bicyclic) bond motifs is 2. The van der Waals surface area contributed by atoms with Gasteiger partial charge >= 0.3 is 0 Å². The summed E-state index contributed by atoms with van der Waals surface area (Å²) in [5.74, 6) is -0.149. The molecule has 2 aliphatic heterocycles. The number of allylic oxidation sites excluding steroid dienone is 6. The van der Waals surface area contributed by atoms with Gasteiger partial charge in [0, 0.05) is 66.0 Å². The minimum atomic E-state index is -4.75. The zero-order valence-corrected chi connectivity index (χ0v) is 37.6. The summed E-state index contributed by atoms with van der Waals surface area (Å²) in [6.45, 7) is 8.77. The predicted octanol–water partition coefficient (Wildman–Crippen LogP) is 5.41. The van der Waals surface area contributed by atoms with Crippen molar-refractivity contribution in [1.29, 1.82) is 0 Å². The molecule has 0 radical (unpaired) electrons. The van der Waals surface area contributed by atoms with Crippen LogP contribution < -0.4 is 10.2 Å². The van der Waals surface area contributed by atoms with Crippen LogP contribution in [0.3, 0.4) is 0 Å². The van der Waals surface area contributed by atoms with Crippen molar-refractivity contribution in [3.8, 4) is 11.4 Å². The van der Waals surface area contributed by atoms with Crippen molar-refractivity contribution in [1.82, 2.24) is 25.7 Å². The van der Waals surface area contributed by atoms with E-state index in [0.717, 1.165) is 28.9 Å². The van der Waals surface area contributed by atoms with Gasteiger partial charge in [-0.3, -0.25) is 13.9 Å². The van der Waals surface area contributed by atoms with Crippen LogP contribution in [0.4, 0.5) is 11.4 Å². The molecule has 0 bridgehead atoms. The molecule has 2 aliphatic rings. The Kier molecular flexibility index (Phi) is 13.9. The molecule has 0 atom stereocenters. The van der Waals surface area contributed by atoms with E-state index >= 15 is 0 Å². The van der Waals surface area contributed by atoms with E-state index in [1.807, 2.05) is 74.8 Å². The van der Waals surface area contributed by atoms with Crippen LogP contribution in [0.25, 0.3) is 11.4 Å². The van der Waals surface area contributed by atoms with Crippen LogP contribution in [0.2, 0.25) is 0 Å². The zero-order chi connectivity index (χ0) is 45.8. The van der Waals surface area contributed by atoms with E-state index < -0.39 is 46.9 Å². The minimum absolute atomic E-state index is 0.0752. The second-order valence-electron chi connectivity index (χ2n) is 16.3. The van der Waals surface area contributed by atoms with E-state index in [1.54, 1.807) is 18.2 Å². The fourth-order valence-corrected chi connectivity index (χ4v) is 9.48. The molecular formula is C43H49N7O10S3. The van der Waals surface area contributed by atoms with Gasteiger partial charge in [0.1, 0.15) is 16.7 Å². The number of anilines is 1. The third kappa shape index (κ3) is 11.2. The average Bonchev–Trinajstić information content (AvgIpc) is 3.56. The number of nitrogens with one attached hydrogen (secondary N) is 1. The van der Waals surface area contributed by atoms with Gasteiger partial charge in [0.15, 0.2) is 12.0 Å². The molecule has 0 unspecified atom stereocenters. The maximum atomic E-state index is 12.7. The Balaban J connectivity index is 1.15. The van der Waals surface area contributed by atoms with Crippen molar-refractivity contribution in [2.45, 2.75) is 87.0 Å². The summed E-state index contributed by atoms with van der Waals surface area (Å²) in [7, 11) is -13.4. The summed E-state index contributed by atoms with van der Waals surface area (Å²) < 4.78 is 104. The molecule has 0 fully saturated rings. The zero-order valence-electron chi connectivity index (χ0n) is 35.2. The first kappa shape index (κ1) is 47.0. The summed E-state index contributed by atoms with van der Waals surface area (Å²) in [5, 5.41) is 18.3. The molecule has 0 saturated carbocycles. The molecule has 0 aliphatic carbocycles. The highest BCUT2D eigenvalue weighted by Crippen LogP contribution is 2.48. The normalized spacial score (nSPS) is 16.6. The first-order valence-corrected chi connectivity index (χ1v) is 24.5. The number of nitrogens with zero attached hydrogens (tertiary/aromatic N) is 6. The molecule has 20 heteroatoms. The van der Waals surface area contributed by atoms with Crippen molar-refractivity contribution in [3.05, 3.63) is 120 Å². The summed E-state index contributed by atoms with van der Waals surface area (Å²) in [4.78, 5) is 14.2. The maximum absolute atomic E-state index is 12.7. The lowest BCUT2D eigenvalue weighted by Gasteiger charge is -2.27. The van der Waals surface area contributed by atoms with Gasteiger partial charge in [-0.25, -0.2) is 8.42 Å². The predicted molar refractivity (Wildman–Crippen MR) is 235 cm³/mol. The van der Waals surface area contributed by atoms with Crippen LogP contribution >= 0.6 is 0 Å². The maximum Gasteiger partial charge on any atom is 0.294 e. The Morgan fingerprint density at radius 1 is 0.810 bits per heavy atom. The van der Waals surface area contributed by atoms with Gasteiger partial charge in [0.25, 0.3) is 20.2 Å². The van der Waals surface area contributed by atoms with E-state index in [4.69, 9.17) is 0 Å². The van der Waals surface area contributed by atoms with E-state index in [2.05, 4.69) is 30.6 Å². The number of unbranched alkanes of at least 4 members (excludes halogenated alkanes) is 2. The van der Waals surface area contributed by atoms with Gasteiger partial charge in [-0.15, -0.1) is 20.4 Å². The second kappa shape index (κ2) is 18.7. The monoisotopic (exact) mass is 919 g/mol. The van der Waals surface area contributed by atoms with Crippen LogP contribution in [-0.4, -0.2) is 94.3 Å². The minimum Gasteiger partial charge on any atom is -0.744 e. The lowest BCUT2D eigenvalue weighted by Crippen LogP contribution is -2.28. The van der Waals surface area contributed by atoms with Crippen molar-refractivity contribution < 1.29 is 48.3 Å². The molecule has 0 saturated heterocycles. The summed E-state index contributed by atoms with van der Waals surface area (Å²) in [6, 6.07) is 16.1. The van der Waals surface area contributed by atoms with E-state index in [-0.39, 0.29) is 28.7 Å². The van der Waals surface area contributed by atoms with Gasteiger partial charge in [0.2, 0.25) is 17.4 Å². The van der Waals surface area contributed by atoms with Gasteiger partial charge in [-0.2, -0.15) is 21.4 Å². The molecule has 3 heterocycles. The largest absolute Gasteiger partial charge is 0.744 e. The highest BCUT2D eigenvalue weighted by molar-refractivity contribution is 7.86. The van der Waals surface area contributed by atoms with Gasteiger partial charge in [-0.05, 0) is 74.2 Å². The Hall–Kier alpha value is -5.51. The van der Waals surface area contributed by atoms with Crippen LogP contribution in [0.15, 0.2) is 113 Å². The number of aromatic nitrogens is 4. The first-order valence-electron chi connectivity index (χ1n) is 20.1. The van der Waals surface area contributed by atoms with Crippen LogP contribution in [0, 0.1) is 0 Å². The van der Waals surface area contributed by atoms with E-state index in [9.17, 15) is 43.7 Å². The van der Waals surface area contributed by atoms with Gasteiger partial charge < -0.3 is 14.8 Å². The van der Waals surface area contributed by atoms with Crippen LogP contribution in [-0.2, 0) is 52.5 Å². The fourth-order valence-electron chi connectivity index (χ4n) is 7.98. The molecule has 1 aromatic heterocycles. The second-order valence-corrected chi connectivity index (χ2v) is 20.7.